The smallest absolute Gasteiger partial charge is 0.228 e. The molecule has 0 spiro atoms. The summed E-state index contributed by atoms with van der Waals surface area (Å²) < 4.78 is 0. The highest BCUT2D eigenvalue weighted by Gasteiger charge is 2.24. The molecule has 23 heavy (non-hydrogen) atoms. The number of piperazine rings is 1. The molecule has 0 atom stereocenters. The Labute approximate surface area is 135 Å². The zero-order valence-corrected chi connectivity index (χ0v) is 13.1. The van der Waals surface area contributed by atoms with E-state index in [1.807, 2.05) is 58.5 Å². The summed E-state index contributed by atoms with van der Waals surface area (Å²) >= 11 is 0. The molecule has 1 aliphatic rings. The van der Waals surface area contributed by atoms with Crippen molar-refractivity contribution in [3.05, 3.63) is 59.9 Å². The number of H-pyrrole nitrogens is 1. The average Bonchev–Trinajstić information content (AvgIpc) is 3.09. The quantitative estimate of drug-likeness (QED) is 0.929. The first kappa shape index (κ1) is 15.3. The van der Waals surface area contributed by atoms with Gasteiger partial charge in [0, 0.05) is 38.1 Å². The van der Waals surface area contributed by atoms with E-state index in [2.05, 4.69) is 4.98 Å². The summed E-state index contributed by atoms with van der Waals surface area (Å²) in [5.41, 5.74) is 1.96. The van der Waals surface area contributed by atoms with Gasteiger partial charge in [0.25, 0.3) is 0 Å². The maximum absolute atomic E-state index is 12.3. The van der Waals surface area contributed by atoms with Crippen LogP contribution >= 0.6 is 0 Å². The van der Waals surface area contributed by atoms with Gasteiger partial charge in [-0.1, -0.05) is 30.3 Å². The number of nitrogens with one attached hydrogen (secondary N) is 1. The number of carbonyl (C=O) groups excluding carboxylic acids is 2. The van der Waals surface area contributed by atoms with E-state index in [1.165, 1.54) is 0 Å². The molecule has 1 saturated heterocycles. The van der Waals surface area contributed by atoms with Gasteiger partial charge in [0.1, 0.15) is 0 Å². The van der Waals surface area contributed by atoms with Crippen molar-refractivity contribution in [2.45, 2.75) is 12.8 Å². The summed E-state index contributed by atoms with van der Waals surface area (Å²) in [5, 5.41) is 0. The van der Waals surface area contributed by atoms with Gasteiger partial charge >= 0.3 is 0 Å². The fourth-order valence-electron chi connectivity index (χ4n) is 2.84. The number of hydrogen-bond acceptors (Lipinski definition) is 2. The van der Waals surface area contributed by atoms with E-state index in [0.29, 0.717) is 39.0 Å². The molecule has 5 heteroatoms. The Bertz CT molecular complexity index is 644. The number of aromatic nitrogens is 1. The maximum Gasteiger partial charge on any atom is 0.228 e. The fraction of sp³-hybridized carbons (Fsp3) is 0.333. The summed E-state index contributed by atoms with van der Waals surface area (Å²) in [5.74, 6) is 0.246. The van der Waals surface area contributed by atoms with Crippen molar-refractivity contribution < 1.29 is 9.59 Å². The predicted molar refractivity (Wildman–Crippen MR) is 87.8 cm³/mol. The van der Waals surface area contributed by atoms with Crippen LogP contribution in [0.4, 0.5) is 0 Å². The van der Waals surface area contributed by atoms with E-state index in [4.69, 9.17) is 0 Å². The Morgan fingerprint density at radius 3 is 2.00 bits per heavy atom. The Kier molecular flexibility index (Phi) is 4.76. The maximum atomic E-state index is 12.3. The largest absolute Gasteiger partial charge is 0.365 e. The van der Waals surface area contributed by atoms with Crippen molar-refractivity contribution in [2.24, 2.45) is 0 Å². The summed E-state index contributed by atoms with van der Waals surface area (Å²) in [6.07, 6.45) is 2.64. The number of amides is 2. The van der Waals surface area contributed by atoms with E-state index < -0.39 is 0 Å². The molecule has 0 unspecified atom stereocenters. The van der Waals surface area contributed by atoms with Crippen LogP contribution < -0.4 is 0 Å². The van der Waals surface area contributed by atoms with Crippen LogP contribution in [0.1, 0.15) is 11.3 Å². The highest BCUT2D eigenvalue weighted by Crippen LogP contribution is 2.09. The summed E-state index contributed by atoms with van der Waals surface area (Å²) in [7, 11) is 0. The second-order valence-corrected chi connectivity index (χ2v) is 5.80. The topological polar surface area (TPSA) is 56.4 Å². The van der Waals surface area contributed by atoms with Crippen molar-refractivity contribution in [1.29, 1.82) is 0 Å². The lowest BCUT2D eigenvalue weighted by Crippen LogP contribution is -2.51. The third-order valence-corrected chi connectivity index (χ3v) is 4.19. The van der Waals surface area contributed by atoms with Gasteiger partial charge in [-0.05, 0) is 17.7 Å². The van der Waals surface area contributed by atoms with Crippen molar-refractivity contribution >= 4 is 11.8 Å². The number of aromatic amines is 1. The third kappa shape index (κ3) is 4.00. The highest BCUT2D eigenvalue weighted by molar-refractivity contribution is 5.80. The standard InChI is InChI=1S/C18H21N3O2/c22-17(13-15-5-2-1-3-6-15)20-9-11-21(12-10-20)18(23)14-16-7-4-8-19-16/h1-8,19H,9-14H2. The zero-order valence-electron chi connectivity index (χ0n) is 13.1. The van der Waals surface area contributed by atoms with Crippen LogP contribution in [0.15, 0.2) is 48.7 Å². The molecule has 1 aliphatic heterocycles. The molecule has 0 aliphatic carbocycles. The number of nitrogens with zero attached hydrogens (tertiary/aromatic N) is 2. The highest BCUT2D eigenvalue weighted by atomic mass is 16.2. The molecule has 1 fully saturated rings. The molecule has 2 heterocycles. The molecule has 5 nitrogen and oxygen atoms in total. The van der Waals surface area contributed by atoms with Gasteiger partial charge in [-0.25, -0.2) is 0 Å². The summed E-state index contributed by atoms with van der Waals surface area (Å²) in [6, 6.07) is 13.6. The van der Waals surface area contributed by atoms with Gasteiger partial charge in [-0.2, -0.15) is 0 Å². The number of hydrogen-bond donors (Lipinski definition) is 1. The zero-order chi connectivity index (χ0) is 16.1. The van der Waals surface area contributed by atoms with Gasteiger partial charge in [0.2, 0.25) is 11.8 Å². The van der Waals surface area contributed by atoms with Gasteiger partial charge in [0.15, 0.2) is 0 Å². The van der Waals surface area contributed by atoms with Crippen LogP contribution in [0.5, 0.6) is 0 Å². The monoisotopic (exact) mass is 311 g/mol. The lowest BCUT2D eigenvalue weighted by Gasteiger charge is -2.35. The average molecular weight is 311 g/mol. The van der Waals surface area contributed by atoms with Crippen LogP contribution in [-0.2, 0) is 22.4 Å². The van der Waals surface area contributed by atoms with Crippen molar-refractivity contribution in [1.82, 2.24) is 14.8 Å². The summed E-state index contributed by atoms with van der Waals surface area (Å²) in [6.45, 7) is 2.45. The Hall–Kier alpha value is -2.56. The minimum atomic E-state index is 0.114. The first-order valence-corrected chi connectivity index (χ1v) is 7.94. The Balaban J connectivity index is 1.48. The normalized spacial score (nSPS) is 14.8. The molecular weight excluding hydrogens is 290 g/mol. The molecule has 0 radical (unpaired) electrons. The van der Waals surface area contributed by atoms with Crippen LogP contribution in [-0.4, -0.2) is 52.8 Å². The molecule has 1 aromatic heterocycles. The number of benzene rings is 1. The molecular formula is C18H21N3O2. The molecule has 2 amide bonds. The fourth-order valence-corrected chi connectivity index (χ4v) is 2.84. The summed E-state index contributed by atoms with van der Waals surface area (Å²) in [4.78, 5) is 31.3. The van der Waals surface area contributed by atoms with Crippen LogP contribution in [0.25, 0.3) is 0 Å². The van der Waals surface area contributed by atoms with Crippen molar-refractivity contribution in [3.8, 4) is 0 Å². The third-order valence-electron chi connectivity index (χ3n) is 4.19. The first-order valence-electron chi connectivity index (χ1n) is 7.94. The van der Waals surface area contributed by atoms with Crippen molar-refractivity contribution in [2.75, 3.05) is 26.2 Å². The molecule has 3 rings (SSSR count). The Morgan fingerprint density at radius 1 is 0.826 bits per heavy atom. The van der Waals surface area contributed by atoms with Crippen LogP contribution in [0.3, 0.4) is 0 Å². The second-order valence-electron chi connectivity index (χ2n) is 5.80. The molecule has 120 valence electrons. The van der Waals surface area contributed by atoms with E-state index >= 15 is 0 Å². The first-order chi connectivity index (χ1) is 11.2. The lowest BCUT2D eigenvalue weighted by molar-refractivity contribution is -0.138. The molecule has 0 saturated carbocycles. The van der Waals surface area contributed by atoms with E-state index in [9.17, 15) is 9.59 Å². The van der Waals surface area contributed by atoms with Gasteiger partial charge < -0.3 is 14.8 Å². The Morgan fingerprint density at radius 2 is 1.43 bits per heavy atom. The predicted octanol–water partition coefficient (Wildman–Crippen LogP) is 1.47. The second kappa shape index (κ2) is 7.13. The molecule has 0 bridgehead atoms. The number of rotatable bonds is 4. The van der Waals surface area contributed by atoms with Crippen LogP contribution in [0, 0.1) is 0 Å². The number of carbonyl (C=O) groups is 2. The van der Waals surface area contributed by atoms with Crippen molar-refractivity contribution in [3.63, 3.8) is 0 Å². The van der Waals surface area contributed by atoms with E-state index in [1.54, 1.807) is 0 Å². The van der Waals surface area contributed by atoms with Gasteiger partial charge in [-0.3, -0.25) is 9.59 Å². The minimum Gasteiger partial charge on any atom is -0.365 e. The van der Waals surface area contributed by atoms with E-state index in [-0.39, 0.29) is 11.8 Å². The lowest BCUT2D eigenvalue weighted by atomic mass is 10.1. The van der Waals surface area contributed by atoms with Gasteiger partial charge in [-0.15, -0.1) is 0 Å². The molecule has 1 aromatic carbocycles. The van der Waals surface area contributed by atoms with Crippen LogP contribution in [0.2, 0.25) is 0 Å². The van der Waals surface area contributed by atoms with Gasteiger partial charge in [0.05, 0.1) is 12.8 Å². The molecule has 2 aromatic rings. The van der Waals surface area contributed by atoms with E-state index in [0.717, 1.165) is 11.3 Å². The minimum absolute atomic E-state index is 0.114. The SMILES string of the molecule is O=C(Cc1ccccc1)N1CCN(C(=O)Cc2ccc[nH]2)CC1. The molecule has 1 N–H and O–H groups in total.